The van der Waals surface area contributed by atoms with Crippen LogP contribution < -0.4 is 5.32 Å². The summed E-state index contributed by atoms with van der Waals surface area (Å²) in [6.07, 6.45) is 5.24. The number of fused-ring (bicyclic) bond motifs is 1. The van der Waals surface area contributed by atoms with Gasteiger partial charge in [-0.2, -0.15) is 0 Å². The van der Waals surface area contributed by atoms with Crippen LogP contribution in [0.1, 0.15) is 48.6 Å². The fourth-order valence-corrected chi connectivity index (χ4v) is 3.38. The van der Waals surface area contributed by atoms with Crippen LogP contribution in [0.5, 0.6) is 0 Å². The number of hydrogen-bond acceptors (Lipinski definition) is 1. The van der Waals surface area contributed by atoms with Crippen molar-refractivity contribution in [2.24, 2.45) is 5.92 Å². The molecule has 2 aliphatic rings. The fourth-order valence-electron chi connectivity index (χ4n) is 3.38. The van der Waals surface area contributed by atoms with Crippen molar-refractivity contribution in [3.8, 4) is 0 Å². The summed E-state index contributed by atoms with van der Waals surface area (Å²) in [7, 11) is 1.98. The van der Waals surface area contributed by atoms with Crippen molar-refractivity contribution in [3.05, 3.63) is 35.1 Å². The SMILES string of the molecule is CNCC1CCC(C2CC2)c2ccc(F)cc21. The van der Waals surface area contributed by atoms with Crippen LogP contribution in [-0.2, 0) is 0 Å². The summed E-state index contributed by atoms with van der Waals surface area (Å²) in [5.74, 6) is 2.01. The summed E-state index contributed by atoms with van der Waals surface area (Å²) < 4.78 is 13.4. The van der Waals surface area contributed by atoms with Crippen molar-refractivity contribution in [1.29, 1.82) is 0 Å². The summed E-state index contributed by atoms with van der Waals surface area (Å²) in [6, 6.07) is 5.44. The first-order valence-electron chi connectivity index (χ1n) is 6.73. The second-order valence-electron chi connectivity index (χ2n) is 5.55. The topological polar surface area (TPSA) is 12.0 Å². The average molecular weight is 233 g/mol. The van der Waals surface area contributed by atoms with Crippen LogP contribution >= 0.6 is 0 Å². The van der Waals surface area contributed by atoms with Crippen LogP contribution in [0, 0.1) is 11.7 Å². The van der Waals surface area contributed by atoms with Crippen molar-refractivity contribution in [2.75, 3.05) is 13.6 Å². The smallest absolute Gasteiger partial charge is 0.123 e. The Hall–Kier alpha value is -0.890. The van der Waals surface area contributed by atoms with Gasteiger partial charge in [-0.05, 0) is 73.7 Å². The summed E-state index contributed by atoms with van der Waals surface area (Å²) in [4.78, 5) is 0. The van der Waals surface area contributed by atoms with Crippen LogP contribution in [0.3, 0.4) is 0 Å². The van der Waals surface area contributed by atoms with Crippen LogP contribution in [0.15, 0.2) is 18.2 Å². The van der Waals surface area contributed by atoms with Gasteiger partial charge < -0.3 is 5.32 Å². The monoisotopic (exact) mass is 233 g/mol. The third-order valence-corrected chi connectivity index (χ3v) is 4.36. The Labute approximate surface area is 102 Å². The highest BCUT2D eigenvalue weighted by Crippen LogP contribution is 2.50. The predicted octanol–water partition coefficient (Wildman–Crippen LogP) is 3.42. The van der Waals surface area contributed by atoms with E-state index in [0.717, 1.165) is 12.5 Å². The van der Waals surface area contributed by atoms with E-state index < -0.39 is 0 Å². The highest BCUT2D eigenvalue weighted by atomic mass is 19.1. The summed E-state index contributed by atoms with van der Waals surface area (Å²) in [6.45, 7) is 0.966. The number of nitrogens with one attached hydrogen (secondary N) is 1. The largest absolute Gasteiger partial charge is 0.319 e. The van der Waals surface area contributed by atoms with E-state index in [2.05, 4.69) is 5.32 Å². The molecule has 0 radical (unpaired) electrons. The Morgan fingerprint density at radius 3 is 2.71 bits per heavy atom. The normalized spacial score (nSPS) is 27.9. The molecule has 1 fully saturated rings. The van der Waals surface area contributed by atoms with Gasteiger partial charge in [-0.3, -0.25) is 0 Å². The molecular formula is C15H20FN. The number of likely N-dealkylation sites (N-methyl/N-ethyl adjacent to an activating group) is 1. The van der Waals surface area contributed by atoms with Gasteiger partial charge in [0.15, 0.2) is 0 Å². The van der Waals surface area contributed by atoms with E-state index in [4.69, 9.17) is 0 Å². The standard InChI is InChI=1S/C15H20FN/c1-17-9-11-4-6-13(10-2-3-10)14-7-5-12(16)8-15(11)14/h5,7-8,10-11,13,17H,2-4,6,9H2,1H3. The Balaban J connectivity index is 1.96. The first-order chi connectivity index (χ1) is 8.29. The van der Waals surface area contributed by atoms with Gasteiger partial charge in [0.25, 0.3) is 0 Å². The number of rotatable bonds is 3. The lowest BCUT2D eigenvalue weighted by Crippen LogP contribution is -2.24. The Morgan fingerprint density at radius 2 is 2.00 bits per heavy atom. The van der Waals surface area contributed by atoms with E-state index in [0.29, 0.717) is 11.8 Å². The second kappa shape index (κ2) is 4.41. The van der Waals surface area contributed by atoms with E-state index in [1.54, 1.807) is 12.1 Å². The third kappa shape index (κ3) is 2.11. The molecule has 2 atom stereocenters. The fraction of sp³-hybridized carbons (Fsp3) is 0.600. The molecule has 92 valence electrons. The number of hydrogen-bond donors (Lipinski definition) is 1. The van der Waals surface area contributed by atoms with Gasteiger partial charge in [0.1, 0.15) is 5.82 Å². The molecule has 2 heteroatoms. The van der Waals surface area contributed by atoms with E-state index >= 15 is 0 Å². The average Bonchev–Trinajstić information content (AvgIpc) is 3.14. The number of benzene rings is 1. The van der Waals surface area contributed by atoms with Gasteiger partial charge in [-0.25, -0.2) is 4.39 Å². The molecule has 1 saturated carbocycles. The lowest BCUT2D eigenvalue weighted by molar-refractivity contribution is 0.438. The third-order valence-electron chi connectivity index (χ3n) is 4.36. The maximum atomic E-state index is 13.4. The lowest BCUT2D eigenvalue weighted by atomic mass is 9.74. The molecule has 1 nitrogen and oxygen atoms in total. The van der Waals surface area contributed by atoms with E-state index in [9.17, 15) is 4.39 Å². The van der Waals surface area contributed by atoms with Crippen LogP contribution in [0.25, 0.3) is 0 Å². The molecule has 2 aliphatic carbocycles. The van der Waals surface area contributed by atoms with E-state index in [1.165, 1.54) is 36.8 Å². The van der Waals surface area contributed by atoms with Gasteiger partial charge in [0.05, 0.1) is 0 Å². The summed E-state index contributed by atoms with van der Waals surface area (Å²) >= 11 is 0. The van der Waals surface area contributed by atoms with Gasteiger partial charge in [-0.1, -0.05) is 6.07 Å². The molecular weight excluding hydrogens is 213 g/mol. The molecule has 0 spiro atoms. The highest BCUT2D eigenvalue weighted by molar-refractivity contribution is 5.37. The van der Waals surface area contributed by atoms with Gasteiger partial charge in [-0.15, -0.1) is 0 Å². The molecule has 1 aromatic rings. The Kier molecular flexibility index (Phi) is 2.91. The predicted molar refractivity (Wildman–Crippen MR) is 67.8 cm³/mol. The maximum absolute atomic E-state index is 13.4. The Bertz CT molecular complexity index is 411. The Morgan fingerprint density at radius 1 is 1.18 bits per heavy atom. The van der Waals surface area contributed by atoms with Gasteiger partial charge >= 0.3 is 0 Å². The zero-order valence-corrected chi connectivity index (χ0v) is 10.4. The van der Waals surface area contributed by atoms with E-state index in [-0.39, 0.29) is 5.82 Å². The molecule has 0 saturated heterocycles. The molecule has 0 aromatic heterocycles. The molecule has 2 unspecified atom stereocenters. The first kappa shape index (κ1) is 11.2. The van der Waals surface area contributed by atoms with Crippen molar-refractivity contribution in [3.63, 3.8) is 0 Å². The first-order valence-corrected chi connectivity index (χ1v) is 6.73. The molecule has 17 heavy (non-hydrogen) atoms. The quantitative estimate of drug-likeness (QED) is 0.843. The van der Waals surface area contributed by atoms with E-state index in [1.807, 2.05) is 13.1 Å². The molecule has 0 aliphatic heterocycles. The summed E-state index contributed by atoms with van der Waals surface area (Å²) in [5.41, 5.74) is 2.70. The van der Waals surface area contributed by atoms with Gasteiger partial charge in [0, 0.05) is 6.54 Å². The van der Waals surface area contributed by atoms with Crippen molar-refractivity contribution in [2.45, 2.75) is 37.5 Å². The molecule has 1 aromatic carbocycles. The summed E-state index contributed by atoms with van der Waals surface area (Å²) in [5, 5.41) is 3.24. The lowest BCUT2D eigenvalue weighted by Gasteiger charge is -2.31. The molecule has 3 rings (SSSR count). The molecule has 1 N–H and O–H groups in total. The molecule has 0 amide bonds. The van der Waals surface area contributed by atoms with Crippen molar-refractivity contribution < 1.29 is 4.39 Å². The number of halogens is 1. The van der Waals surface area contributed by atoms with Crippen molar-refractivity contribution >= 4 is 0 Å². The second-order valence-corrected chi connectivity index (χ2v) is 5.55. The van der Waals surface area contributed by atoms with Crippen LogP contribution in [0.2, 0.25) is 0 Å². The van der Waals surface area contributed by atoms with Crippen LogP contribution in [0.4, 0.5) is 4.39 Å². The minimum Gasteiger partial charge on any atom is -0.319 e. The minimum atomic E-state index is -0.0821. The zero-order valence-electron chi connectivity index (χ0n) is 10.4. The molecule has 0 heterocycles. The zero-order chi connectivity index (χ0) is 11.8. The molecule has 0 bridgehead atoms. The maximum Gasteiger partial charge on any atom is 0.123 e. The van der Waals surface area contributed by atoms with Crippen LogP contribution in [-0.4, -0.2) is 13.6 Å². The highest BCUT2D eigenvalue weighted by Gasteiger charge is 2.37. The van der Waals surface area contributed by atoms with Gasteiger partial charge in [0.2, 0.25) is 0 Å². The van der Waals surface area contributed by atoms with Crippen molar-refractivity contribution in [1.82, 2.24) is 5.32 Å². The minimum absolute atomic E-state index is 0.0821.